The van der Waals surface area contributed by atoms with Crippen LogP contribution < -0.4 is 5.32 Å². The van der Waals surface area contributed by atoms with E-state index in [0.717, 1.165) is 37.7 Å². The second kappa shape index (κ2) is 14.6. The molecule has 3 heterocycles. The first-order valence-electron chi connectivity index (χ1n) is 16.0. The number of esters is 1. The Morgan fingerprint density at radius 2 is 1.91 bits per heavy atom. The van der Waals surface area contributed by atoms with E-state index in [2.05, 4.69) is 34.4 Å². The summed E-state index contributed by atoms with van der Waals surface area (Å²) in [6.45, 7) is 7.42. The number of amides is 3. The summed E-state index contributed by atoms with van der Waals surface area (Å²) >= 11 is 3.72. The second-order valence-corrected chi connectivity index (χ2v) is 13.6. The van der Waals surface area contributed by atoms with Gasteiger partial charge in [-0.2, -0.15) is 0 Å². The Hall–Kier alpha value is -3.02. The topological polar surface area (TPSA) is 125 Å². The summed E-state index contributed by atoms with van der Waals surface area (Å²) in [5, 5.41) is 13.0. The van der Waals surface area contributed by atoms with Gasteiger partial charge in [0.25, 0.3) is 0 Å². The van der Waals surface area contributed by atoms with Crippen LogP contribution in [0.5, 0.6) is 0 Å². The van der Waals surface area contributed by atoms with Crippen LogP contribution in [0.4, 0.5) is 0 Å². The zero-order valence-corrected chi connectivity index (χ0v) is 27.2. The highest BCUT2D eigenvalue weighted by Gasteiger charge is 2.76. The lowest BCUT2D eigenvalue weighted by molar-refractivity contribution is -0.150. The number of ether oxygens (including phenoxy) is 2. The normalized spacial score (nSPS) is 29.6. The fraction of sp³-hybridized carbons (Fsp3) is 0.588. The molecule has 1 saturated carbocycles. The highest BCUT2D eigenvalue weighted by atomic mass is 79.9. The first-order chi connectivity index (χ1) is 21.8. The van der Waals surface area contributed by atoms with Gasteiger partial charge in [-0.15, -0.1) is 13.2 Å². The van der Waals surface area contributed by atoms with Crippen LogP contribution in [0.1, 0.15) is 63.0 Å². The van der Waals surface area contributed by atoms with Crippen LogP contribution >= 0.6 is 15.9 Å². The largest absolute Gasteiger partial charge is 0.463 e. The van der Waals surface area contributed by atoms with Gasteiger partial charge < -0.3 is 29.7 Å². The molecule has 3 aliphatic heterocycles. The molecule has 0 aromatic heterocycles. The molecule has 5 rings (SSSR count). The third kappa shape index (κ3) is 6.49. The van der Waals surface area contributed by atoms with Crippen LogP contribution in [-0.2, 0) is 28.7 Å². The van der Waals surface area contributed by atoms with Crippen molar-refractivity contribution in [2.24, 2.45) is 11.8 Å². The number of nitrogens with zero attached hydrogens (tertiary/aromatic N) is 2. The summed E-state index contributed by atoms with van der Waals surface area (Å²) in [6.07, 6.45) is 8.70. The lowest BCUT2D eigenvalue weighted by Gasteiger charge is -2.40. The van der Waals surface area contributed by atoms with Gasteiger partial charge in [0.15, 0.2) is 0 Å². The zero-order chi connectivity index (χ0) is 32.1. The quantitative estimate of drug-likeness (QED) is 0.175. The molecule has 0 radical (unpaired) electrons. The summed E-state index contributed by atoms with van der Waals surface area (Å²) < 4.78 is 12.2. The number of hydrogen-bond acceptors (Lipinski definition) is 7. The smallest absolute Gasteiger partial charge is 0.306 e. The fourth-order valence-corrected chi connectivity index (χ4v) is 8.75. The Labute approximate surface area is 273 Å². The van der Waals surface area contributed by atoms with E-state index in [4.69, 9.17) is 9.47 Å². The number of benzene rings is 1. The minimum absolute atomic E-state index is 0.0315. The van der Waals surface area contributed by atoms with Gasteiger partial charge in [-0.3, -0.25) is 19.2 Å². The molecular weight excluding hydrogens is 642 g/mol. The van der Waals surface area contributed by atoms with Gasteiger partial charge in [-0.25, -0.2) is 0 Å². The maximum Gasteiger partial charge on any atom is 0.306 e. The maximum absolute atomic E-state index is 14.5. The molecule has 1 aromatic carbocycles. The third-order valence-corrected chi connectivity index (χ3v) is 10.6. The van der Waals surface area contributed by atoms with E-state index in [1.807, 2.05) is 35.2 Å². The average Bonchev–Trinajstić information content (AvgIpc) is 3.64. The molecule has 45 heavy (non-hydrogen) atoms. The summed E-state index contributed by atoms with van der Waals surface area (Å²) in [4.78, 5) is 58.2. The van der Waals surface area contributed by atoms with Crippen LogP contribution in [0.25, 0.3) is 0 Å². The molecule has 1 spiro atoms. The minimum Gasteiger partial charge on any atom is -0.463 e. The van der Waals surface area contributed by atoms with Crippen molar-refractivity contribution in [1.29, 1.82) is 0 Å². The van der Waals surface area contributed by atoms with Crippen LogP contribution in [0.15, 0.2) is 55.6 Å². The van der Waals surface area contributed by atoms with E-state index in [9.17, 15) is 24.3 Å². The predicted molar refractivity (Wildman–Crippen MR) is 171 cm³/mol. The summed E-state index contributed by atoms with van der Waals surface area (Å²) in [7, 11) is 0. The molecule has 1 aliphatic carbocycles. The molecule has 3 saturated heterocycles. The van der Waals surface area contributed by atoms with Crippen molar-refractivity contribution in [3.63, 3.8) is 0 Å². The number of halogens is 1. The molecule has 4 aliphatic rings. The van der Waals surface area contributed by atoms with E-state index in [1.54, 1.807) is 12.2 Å². The first kappa shape index (κ1) is 33.3. The summed E-state index contributed by atoms with van der Waals surface area (Å²) in [5.41, 5.74) is -0.477. The maximum atomic E-state index is 14.5. The van der Waals surface area contributed by atoms with Crippen molar-refractivity contribution in [1.82, 2.24) is 15.1 Å². The highest BCUT2D eigenvalue weighted by Crippen LogP contribution is 2.60. The Bertz CT molecular complexity index is 1270. The number of rotatable bonds is 14. The highest BCUT2D eigenvalue weighted by molar-refractivity contribution is 9.09. The van der Waals surface area contributed by atoms with E-state index >= 15 is 0 Å². The molecule has 11 heteroatoms. The van der Waals surface area contributed by atoms with Crippen molar-refractivity contribution in [2.45, 2.75) is 86.0 Å². The summed E-state index contributed by atoms with van der Waals surface area (Å²) in [5.74, 6) is -3.19. The van der Waals surface area contributed by atoms with Crippen molar-refractivity contribution in [3.05, 3.63) is 61.2 Å². The van der Waals surface area contributed by atoms with Crippen LogP contribution in [-0.4, -0.2) is 93.5 Å². The second-order valence-electron chi connectivity index (χ2n) is 12.5. The number of aliphatic hydroxyl groups is 1. The number of likely N-dealkylation sites (tertiary alicyclic amines) is 1. The number of carbonyl (C=O) groups is 4. The predicted octanol–water partition coefficient (Wildman–Crippen LogP) is 3.44. The number of nitrogens with one attached hydrogen (secondary N) is 1. The monoisotopic (exact) mass is 685 g/mol. The Kier molecular flexibility index (Phi) is 10.8. The van der Waals surface area contributed by atoms with Gasteiger partial charge in [-0.05, 0) is 31.2 Å². The van der Waals surface area contributed by atoms with E-state index < -0.39 is 47.5 Å². The van der Waals surface area contributed by atoms with Gasteiger partial charge >= 0.3 is 5.97 Å². The van der Waals surface area contributed by atoms with Gasteiger partial charge in [0, 0.05) is 30.4 Å². The van der Waals surface area contributed by atoms with Gasteiger partial charge in [-0.1, -0.05) is 77.7 Å². The zero-order valence-electron chi connectivity index (χ0n) is 25.7. The molecule has 10 nitrogen and oxygen atoms in total. The number of alkyl halides is 1. The van der Waals surface area contributed by atoms with Crippen molar-refractivity contribution >= 4 is 39.6 Å². The Balaban J connectivity index is 1.43. The molecule has 1 unspecified atom stereocenters. The van der Waals surface area contributed by atoms with Crippen molar-refractivity contribution in [2.75, 3.05) is 26.3 Å². The molecule has 2 bridgehead atoms. The number of aliphatic hydroxyl groups excluding tert-OH is 1. The number of β-amino-alcohol motifs (C(OH)–C–C–N with tert-alkyl or cyclic N) is 1. The van der Waals surface area contributed by atoms with E-state index in [-0.39, 0.29) is 48.9 Å². The van der Waals surface area contributed by atoms with Crippen molar-refractivity contribution < 1.29 is 33.8 Å². The standard InChI is InChI=1S/C34H44BrN3O7/c1-3-5-16-26(40)44-21-25(22-12-8-6-9-13-22)36-31(41)27-28-32(42)38(18-19-39)30(34(28)20-24(35)29(27)45-34)33(43)37(17-4-2)23-14-10-7-11-15-23/h3-4,6,8-9,12-13,23-25,27-30,39H,1-2,5,7,10-11,14-21H2,(H,36,41)/t24?,25-,27-,28+,29-,30-,34+/m1/s1. The molecule has 4 fully saturated rings. The number of fused-ring (bicyclic) bond motifs is 1. The van der Waals surface area contributed by atoms with Gasteiger partial charge in [0.05, 0.1) is 30.6 Å². The SMILES string of the molecule is C=CCCC(=O)OC[C@@H](NC(=O)[C@H]1[C@@H]2O[C@@]3(CC2Br)[C@@H]1C(=O)N(CCO)[C@@H]3C(=O)N(CC=C)C1CCCCC1)c1ccccc1. The molecule has 2 N–H and O–H groups in total. The van der Waals surface area contributed by atoms with Crippen LogP contribution in [0, 0.1) is 11.8 Å². The minimum atomic E-state index is -1.22. The fourth-order valence-electron chi connectivity index (χ4n) is 7.81. The van der Waals surface area contributed by atoms with E-state index in [0.29, 0.717) is 19.4 Å². The molecule has 244 valence electrons. The van der Waals surface area contributed by atoms with Crippen LogP contribution in [0.3, 0.4) is 0 Å². The summed E-state index contributed by atoms with van der Waals surface area (Å²) in [6, 6.07) is 7.61. The number of allylic oxidation sites excluding steroid dienone is 1. The number of hydrogen-bond donors (Lipinski definition) is 2. The first-order valence-corrected chi connectivity index (χ1v) is 16.9. The van der Waals surface area contributed by atoms with E-state index in [1.165, 1.54) is 4.90 Å². The van der Waals surface area contributed by atoms with Gasteiger partial charge in [0.2, 0.25) is 17.7 Å². The third-order valence-electron chi connectivity index (χ3n) is 9.77. The average molecular weight is 687 g/mol. The molecule has 3 amide bonds. The molecule has 7 atom stereocenters. The number of carbonyl (C=O) groups excluding carboxylic acids is 4. The molecular formula is C34H44BrN3O7. The van der Waals surface area contributed by atoms with Crippen molar-refractivity contribution in [3.8, 4) is 0 Å². The van der Waals surface area contributed by atoms with Crippen LogP contribution in [0.2, 0.25) is 0 Å². The van der Waals surface area contributed by atoms with Gasteiger partial charge in [0.1, 0.15) is 18.2 Å². The Morgan fingerprint density at radius 3 is 2.58 bits per heavy atom. The molecule has 1 aromatic rings. The lowest BCUT2D eigenvalue weighted by Crippen LogP contribution is -2.59. The Morgan fingerprint density at radius 1 is 1.18 bits per heavy atom. The lowest BCUT2D eigenvalue weighted by atomic mass is 9.70.